The second-order valence-electron chi connectivity index (χ2n) is 4.43. The summed E-state index contributed by atoms with van der Waals surface area (Å²) in [6.07, 6.45) is 4.43. The van der Waals surface area contributed by atoms with E-state index in [1.807, 2.05) is 16.9 Å². The molecule has 0 saturated carbocycles. The van der Waals surface area contributed by atoms with Crippen LogP contribution >= 0.6 is 0 Å². The summed E-state index contributed by atoms with van der Waals surface area (Å²) in [6.45, 7) is 5.63. The first-order valence-electron chi connectivity index (χ1n) is 5.92. The third kappa shape index (κ3) is 4.99. The van der Waals surface area contributed by atoms with Crippen LogP contribution in [-0.2, 0) is 16.1 Å². The zero-order valence-electron chi connectivity index (χ0n) is 10.7. The van der Waals surface area contributed by atoms with Gasteiger partial charge in [-0.05, 0) is 18.4 Å². The molecule has 1 aromatic rings. The first-order valence-corrected chi connectivity index (χ1v) is 5.92. The minimum absolute atomic E-state index is 0.195. The molecule has 5 heteroatoms. The summed E-state index contributed by atoms with van der Waals surface area (Å²) in [5, 5.41) is 7.30. The number of hydrogen-bond donors (Lipinski definition) is 1. The van der Waals surface area contributed by atoms with Crippen LogP contribution in [0.1, 0.15) is 20.3 Å². The zero-order chi connectivity index (χ0) is 12.7. The minimum atomic E-state index is -0.226. The van der Waals surface area contributed by atoms with Crippen LogP contribution in [0.4, 0.5) is 0 Å². The lowest BCUT2D eigenvalue weighted by atomic mass is 10.0. The van der Waals surface area contributed by atoms with E-state index in [0.29, 0.717) is 12.5 Å². The maximum atomic E-state index is 11.5. The highest BCUT2D eigenvalue weighted by atomic mass is 16.5. The third-order valence-corrected chi connectivity index (χ3v) is 2.48. The Morgan fingerprint density at radius 1 is 1.53 bits per heavy atom. The van der Waals surface area contributed by atoms with E-state index in [9.17, 15) is 4.79 Å². The Balaban J connectivity index is 2.35. The highest BCUT2D eigenvalue weighted by molar-refractivity contribution is 5.75. The summed E-state index contributed by atoms with van der Waals surface area (Å²) in [5.74, 6) is 0.260. The van der Waals surface area contributed by atoms with E-state index < -0.39 is 0 Å². The summed E-state index contributed by atoms with van der Waals surface area (Å²) >= 11 is 0. The fraction of sp³-hybridized carbons (Fsp3) is 0.667. The van der Waals surface area contributed by atoms with Gasteiger partial charge in [-0.25, -0.2) is 0 Å². The number of methoxy groups -OCH3 is 1. The Bertz CT molecular complexity index is 323. The lowest BCUT2D eigenvalue weighted by molar-refractivity contribution is -0.143. The second kappa shape index (κ2) is 7.06. The van der Waals surface area contributed by atoms with Crippen molar-refractivity contribution >= 4 is 5.97 Å². The maximum Gasteiger partial charge on any atom is 0.322 e. The predicted molar refractivity (Wildman–Crippen MR) is 65.5 cm³/mol. The monoisotopic (exact) mass is 239 g/mol. The quantitative estimate of drug-likeness (QED) is 0.723. The lowest BCUT2D eigenvalue weighted by Gasteiger charge is -2.18. The van der Waals surface area contributed by atoms with Gasteiger partial charge >= 0.3 is 5.97 Å². The van der Waals surface area contributed by atoms with Crippen molar-refractivity contribution in [1.29, 1.82) is 0 Å². The molecular formula is C12H21N3O2. The van der Waals surface area contributed by atoms with E-state index in [0.717, 1.165) is 13.0 Å². The summed E-state index contributed by atoms with van der Waals surface area (Å²) in [5.41, 5.74) is 0. The Morgan fingerprint density at radius 2 is 2.29 bits per heavy atom. The van der Waals surface area contributed by atoms with E-state index >= 15 is 0 Å². The number of esters is 1. The normalized spacial score (nSPS) is 12.7. The van der Waals surface area contributed by atoms with Crippen LogP contribution < -0.4 is 5.32 Å². The molecule has 1 N–H and O–H groups in total. The van der Waals surface area contributed by atoms with E-state index in [4.69, 9.17) is 4.74 Å². The topological polar surface area (TPSA) is 56.1 Å². The van der Waals surface area contributed by atoms with Gasteiger partial charge in [0.05, 0.1) is 13.7 Å². The van der Waals surface area contributed by atoms with Crippen molar-refractivity contribution in [3.05, 3.63) is 18.5 Å². The molecule has 0 aliphatic heterocycles. The van der Waals surface area contributed by atoms with Gasteiger partial charge in [0.2, 0.25) is 0 Å². The van der Waals surface area contributed by atoms with Crippen molar-refractivity contribution in [2.45, 2.75) is 32.9 Å². The zero-order valence-corrected chi connectivity index (χ0v) is 10.7. The lowest BCUT2D eigenvalue weighted by Crippen LogP contribution is -2.40. The molecule has 0 aliphatic carbocycles. The summed E-state index contributed by atoms with van der Waals surface area (Å²) in [4.78, 5) is 11.5. The number of carbonyl (C=O) groups is 1. The smallest absolute Gasteiger partial charge is 0.322 e. The Kier molecular flexibility index (Phi) is 5.69. The van der Waals surface area contributed by atoms with E-state index in [1.165, 1.54) is 7.11 Å². The average Bonchev–Trinajstić information content (AvgIpc) is 2.79. The molecule has 1 rings (SSSR count). The molecule has 0 aliphatic rings. The fourth-order valence-electron chi connectivity index (χ4n) is 1.66. The molecule has 0 aromatic carbocycles. The van der Waals surface area contributed by atoms with Gasteiger partial charge in [-0.2, -0.15) is 5.10 Å². The van der Waals surface area contributed by atoms with Gasteiger partial charge in [0.15, 0.2) is 0 Å². The van der Waals surface area contributed by atoms with Crippen LogP contribution in [0.2, 0.25) is 0 Å². The van der Waals surface area contributed by atoms with Crippen LogP contribution in [0.25, 0.3) is 0 Å². The Morgan fingerprint density at radius 3 is 2.82 bits per heavy atom. The predicted octanol–water partition coefficient (Wildman–Crippen LogP) is 1.06. The number of hydrogen-bond acceptors (Lipinski definition) is 4. The SMILES string of the molecule is COC(=O)C(CC(C)C)NCCn1cccn1. The van der Waals surface area contributed by atoms with Gasteiger partial charge in [-0.3, -0.25) is 9.48 Å². The standard InChI is InChI=1S/C12H21N3O2/c1-10(2)9-11(12(16)17-3)13-6-8-15-7-4-5-14-15/h4-5,7,10-11,13H,6,8-9H2,1-3H3. The van der Waals surface area contributed by atoms with E-state index in [1.54, 1.807) is 6.20 Å². The van der Waals surface area contributed by atoms with Crippen molar-refractivity contribution < 1.29 is 9.53 Å². The first-order chi connectivity index (χ1) is 8.13. The molecule has 0 amide bonds. The largest absolute Gasteiger partial charge is 0.468 e. The number of ether oxygens (including phenoxy) is 1. The highest BCUT2D eigenvalue weighted by Crippen LogP contribution is 2.05. The molecule has 0 saturated heterocycles. The molecule has 1 aromatic heterocycles. The third-order valence-electron chi connectivity index (χ3n) is 2.48. The molecule has 0 fully saturated rings. The molecule has 1 atom stereocenters. The van der Waals surface area contributed by atoms with Gasteiger partial charge in [-0.15, -0.1) is 0 Å². The molecule has 1 heterocycles. The summed E-state index contributed by atoms with van der Waals surface area (Å²) in [7, 11) is 1.42. The Hall–Kier alpha value is -1.36. The minimum Gasteiger partial charge on any atom is -0.468 e. The molecule has 17 heavy (non-hydrogen) atoms. The molecule has 96 valence electrons. The molecule has 1 unspecified atom stereocenters. The van der Waals surface area contributed by atoms with Gasteiger partial charge in [0, 0.05) is 18.9 Å². The summed E-state index contributed by atoms with van der Waals surface area (Å²) < 4.78 is 6.61. The number of aromatic nitrogens is 2. The van der Waals surface area contributed by atoms with Crippen LogP contribution in [0.5, 0.6) is 0 Å². The van der Waals surface area contributed by atoms with Crippen molar-refractivity contribution in [3.63, 3.8) is 0 Å². The van der Waals surface area contributed by atoms with Crippen molar-refractivity contribution in [2.24, 2.45) is 5.92 Å². The number of carbonyl (C=O) groups excluding carboxylic acids is 1. The first kappa shape index (κ1) is 13.7. The van der Waals surface area contributed by atoms with E-state index in [-0.39, 0.29) is 12.0 Å². The summed E-state index contributed by atoms with van der Waals surface area (Å²) in [6, 6.07) is 1.65. The van der Waals surface area contributed by atoms with Crippen LogP contribution in [-0.4, -0.2) is 35.4 Å². The molecule has 0 spiro atoms. The molecule has 0 bridgehead atoms. The molecule has 0 radical (unpaired) electrons. The van der Waals surface area contributed by atoms with Gasteiger partial charge in [-0.1, -0.05) is 13.8 Å². The number of nitrogens with zero attached hydrogens (tertiary/aromatic N) is 2. The fourth-order valence-corrected chi connectivity index (χ4v) is 1.66. The van der Waals surface area contributed by atoms with Crippen LogP contribution in [0, 0.1) is 5.92 Å². The second-order valence-corrected chi connectivity index (χ2v) is 4.43. The molecule has 5 nitrogen and oxygen atoms in total. The number of nitrogens with one attached hydrogen (secondary N) is 1. The van der Waals surface area contributed by atoms with Crippen molar-refractivity contribution in [3.8, 4) is 0 Å². The van der Waals surface area contributed by atoms with Crippen LogP contribution in [0.15, 0.2) is 18.5 Å². The van der Waals surface area contributed by atoms with Gasteiger partial charge in [0.25, 0.3) is 0 Å². The van der Waals surface area contributed by atoms with Crippen molar-refractivity contribution in [2.75, 3.05) is 13.7 Å². The van der Waals surface area contributed by atoms with Crippen LogP contribution in [0.3, 0.4) is 0 Å². The maximum absolute atomic E-state index is 11.5. The van der Waals surface area contributed by atoms with E-state index in [2.05, 4.69) is 24.3 Å². The van der Waals surface area contributed by atoms with Crippen molar-refractivity contribution in [1.82, 2.24) is 15.1 Å². The highest BCUT2D eigenvalue weighted by Gasteiger charge is 2.19. The van der Waals surface area contributed by atoms with Gasteiger partial charge in [0.1, 0.15) is 6.04 Å². The number of rotatable bonds is 7. The Labute approximate surface area is 102 Å². The average molecular weight is 239 g/mol. The molecular weight excluding hydrogens is 218 g/mol. The van der Waals surface area contributed by atoms with Gasteiger partial charge < -0.3 is 10.1 Å².